The first kappa shape index (κ1) is 10.2. The summed E-state index contributed by atoms with van der Waals surface area (Å²) < 4.78 is 0.887. The van der Waals surface area contributed by atoms with Gasteiger partial charge in [0.15, 0.2) is 5.52 Å². The molecule has 0 fully saturated rings. The van der Waals surface area contributed by atoms with Crippen LogP contribution in [0.3, 0.4) is 0 Å². The molecule has 0 spiro atoms. The van der Waals surface area contributed by atoms with Crippen molar-refractivity contribution in [1.82, 2.24) is 15.0 Å². The van der Waals surface area contributed by atoms with Crippen LogP contribution in [0.5, 0.6) is 0 Å². The second-order valence-corrected chi connectivity index (χ2v) is 4.55. The van der Waals surface area contributed by atoms with Crippen molar-refractivity contribution >= 4 is 37.9 Å². The second-order valence-electron chi connectivity index (χ2n) is 3.63. The van der Waals surface area contributed by atoms with Crippen LogP contribution < -0.4 is 11.2 Å². The Hall–Kier alpha value is -1.95. The van der Waals surface area contributed by atoms with Crippen LogP contribution in [0, 0.1) is 0 Å². The summed E-state index contributed by atoms with van der Waals surface area (Å²) in [6.07, 6.45) is 0. The Kier molecular flexibility index (Phi) is 2.12. The van der Waals surface area contributed by atoms with E-state index in [0.717, 1.165) is 9.86 Å². The molecule has 0 saturated heterocycles. The van der Waals surface area contributed by atoms with Crippen molar-refractivity contribution in [1.29, 1.82) is 0 Å². The zero-order valence-electron chi connectivity index (χ0n) is 8.45. The average Bonchev–Trinajstić information content (AvgIpc) is 2.27. The van der Waals surface area contributed by atoms with E-state index in [1.54, 1.807) is 6.07 Å². The van der Waals surface area contributed by atoms with Crippen LogP contribution in [-0.2, 0) is 0 Å². The molecule has 84 valence electrons. The normalized spacial score (nSPS) is 11.1. The van der Waals surface area contributed by atoms with Gasteiger partial charge in [-0.2, -0.15) is 0 Å². The number of H-pyrrole nitrogens is 2. The zero-order chi connectivity index (χ0) is 12.0. The maximum Gasteiger partial charge on any atom is 0.326 e. The third-order valence-corrected chi connectivity index (χ3v) is 2.96. The Bertz CT molecular complexity index is 851. The lowest BCUT2D eigenvalue weighted by Gasteiger charge is -2.00. The number of benzene rings is 1. The molecular formula is C11H6BrN3O2. The van der Waals surface area contributed by atoms with Crippen LogP contribution >= 0.6 is 15.9 Å². The van der Waals surface area contributed by atoms with E-state index < -0.39 is 11.2 Å². The molecule has 6 heteroatoms. The van der Waals surface area contributed by atoms with Crippen molar-refractivity contribution in [3.8, 4) is 0 Å². The van der Waals surface area contributed by atoms with Gasteiger partial charge in [-0.15, -0.1) is 0 Å². The highest BCUT2D eigenvalue weighted by Crippen LogP contribution is 2.19. The molecule has 2 N–H and O–H groups in total. The number of aromatic amines is 2. The summed E-state index contributed by atoms with van der Waals surface area (Å²) in [5, 5.41) is 0.863. The number of hydrogen-bond acceptors (Lipinski definition) is 3. The number of nitrogens with one attached hydrogen (secondary N) is 2. The third-order valence-electron chi connectivity index (χ3n) is 2.47. The molecule has 1 aromatic carbocycles. The number of aromatic nitrogens is 3. The van der Waals surface area contributed by atoms with Gasteiger partial charge in [0.2, 0.25) is 0 Å². The first-order chi connectivity index (χ1) is 8.13. The van der Waals surface area contributed by atoms with Crippen LogP contribution in [0.25, 0.3) is 21.9 Å². The molecule has 3 rings (SSSR count). The standard InChI is InChI=1S/C11H6BrN3O2/c12-6-2-1-5-3-8-9(13-7(5)4-6)10(16)15-11(17)14-8/h1-4H,(H2,14,15,16,17). The highest BCUT2D eigenvalue weighted by molar-refractivity contribution is 9.10. The van der Waals surface area contributed by atoms with Gasteiger partial charge in [-0.1, -0.05) is 22.0 Å². The largest absolute Gasteiger partial charge is 0.326 e. The van der Waals surface area contributed by atoms with Crippen molar-refractivity contribution in [2.24, 2.45) is 0 Å². The molecule has 2 heterocycles. The molecule has 3 aromatic rings. The smallest absolute Gasteiger partial charge is 0.305 e. The zero-order valence-corrected chi connectivity index (χ0v) is 10.0. The van der Waals surface area contributed by atoms with E-state index in [1.165, 1.54) is 0 Å². The Morgan fingerprint density at radius 2 is 1.94 bits per heavy atom. The van der Waals surface area contributed by atoms with E-state index in [2.05, 4.69) is 30.9 Å². The molecule has 2 aromatic heterocycles. The quantitative estimate of drug-likeness (QED) is 0.617. The molecule has 5 nitrogen and oxygen atoms in total. The highest BCUT2D eigenvalue weighted by atomic mass is 79.9. The summed E-state index contributed by atoms with van der Waals surface area (Å²) in [5.74, 6) is 0. The molecule has 0 atom stereocenters. The van der Waals surface area contributed by atoms with Crippen molar-refractivity contribution in [3.05, 3.63) is 49.6 Å². The van der Waals surface area contributed by atoms with Gasteiger partial charge in [0.25, 0.3) is 5.56 Å². The lowest BCUT2D eigenvalue weighted by Crippen LogP contribution is -2.22. The van der Waals surface area contributed by atoms with Gasteiger partial charge in [-0.05, 0) is 18.2 Å². The van der Waals surface area contributed by atoms with E-state index in [9.17, 15) is 9.59 Å². The minimum atomic E-state index is -0.527. The first-order valence-electron chi connectivity index (χ1n) is 4.86. The van der Waals surface area contributed by atoms with Crippen LogP contribution in [-0.4, -0.2) is 15.0 Å². The van der Waals surface area contributed by atoms with Gasteiger partial charge < -0.3 is 4.98 Å². The van der Waals surface area contributed by atoms with Crippen molar-refractivity contribution in [3.63, 3.8) is 0 Å². The van der Waals surface area contributed by atoms with E-state index in [0.29, 0.717) is 11.0 Å². The number of pyridine rings is 1. The summed E-state index contributed by atoms with van der Waals surface area (Å²) in [6, 6.07) is 7.30. The summed E-state index contributed by atoms with van der Waals surface area (Å²) in [4.78, 5) is 31.7. The SMILES string of the molecule is O=c1[nH]c(=O)c2nc3cc(Br)ccc3cc2[nH]1. The van der Waals surface area contributed by atoms with E-state index >= 15 is 0 Å². The van der Waals surface area contributed by atoms with Gasteiger partial charge in [0.1, 0.15) is 0 Å². The maximum atomic E-state index is 11.6. The fourth-order valence-corrected chi connectivity index (χ4v) is 2.07. The fraction of sp³-hybridized carbons (Fsp3) is 0. The molecule has 17 heavy (non-hydrogen) atoms. The third kappa shape index (κ3) is 1.66. The summed E-state index contributed by atoms with van der Waals surface area (Å²) in [7, 11) is 0. The van der Waals surface area contributed by atoms with Crippen LogP contribution in [0.4, 0.5) is 0 Å². The molecule has 0 aliphatic carbocycles. The van der Waals surface area contributed by atoms with E-state index in [-0.39, 0.29) is 5.52 Å². The van der Waals surface area contributed by atoms with Crippen molar-refractivity contribution in [2.45, 2.75) is 0 Å². The summed E-state index contributed by atoms with van der Waals surface area (Å²) in [5.41, 5.74) is 0.361. The minimum Gasteiger partial charge on any atom is -0.305 e. The minimum absolute atomic E-state index is 0.232. The van der Waals surface area contributed by atoms with Gasteiger partial charge in [-0.3, -0.25) is 9.78 Å². The lowest BCUT2D eigenvalue weighted by atomic mass is 10.2. The summed E-state index contributed by atoms with van der Waals surface area (Å²) >= 11 is 3.34. The molecule has 0 radical (unpaired) electrons. The Labute approximate surface area is 103 Å². The molecule has 0 bridgehead atoms. The van der Waals surface area contributed by atoms with Gasteiger partial charge in [0.05, 0.1) is 11.0 Å². The van der Waals surface area contributed by atoms with Crippen LogP contribution in [0.1, 0.15) is 0 Å². The molecule has 0 aliphatic heterocycles. The molecule has 0 unspecified atom stereocenters. The van der Waals surface area contributed by atoms with Crippen molar-refractivity contribution < 1.29 is 0 Å². The van der Waals surface area contributed by atoms with Gasteiger partial charge in [-0.25, -0.2) is 9.78 Å². The number of nitrogens with zero attached hydrogens (tertiary/aromatic N) is 1. The summed E-state index contributed by atoms with van der Waals surface area (Å²) in [6.45, 7) is 0. The van der Waals surface area contributed by atoms with Crippen LogP contribution in [0.2, 0.25) is 0 Å². The molecule has 0 saturated carbocycles. The van der Waals surface area contributed by atoms with E-state index in [1.807, 2.05) is 18.2 Å². The first-order valence-corrected chi connectivity index (χ1v) is 5.65. The number of fused-ring (bicyclic) bond motifs is 2. The monoisotopic (exact) mass is 291 g/mol. The predicted octanol–water partition coefficient (Wildman–Crippen LogP) is 1.53. The van der Waals surface area contributed by atoms with E-state index in [4.69, 9.17) is 0 Å². The lowest BCUT2D eigenvalue weighted by molar-refractivity contribution is 1.07. The molecular weight excluding hydrogens is 286 g/mol. The Morgan fingerprint density at radius 1 is 1.12 bits per heavy atom. The number of halogens is 1. The Balaban J connectivity index is 2.56. The second kappa shape index (κ2) is 3.53. The fourth-order valence-electron chi connectivity index (χ4n) is 1.72. The molecule has 0 aliphatic rings. The van der Waals surface area contributed by atoms with Gasteiger partial charge in [0, 0.05) is 9.86 Å². The number of hydrogen-bond donors (Lipinski definition) is 2. The van der Waals surface area contributed by atoms with Crippen molar-refractivity contribution in [2.75, 3.05) is 0 Å². The highest BCUT2D eigenvalue weighted by Gasteiger charge is 2.04. The average molecular weight is 292 g/mol. The number of rotatable bonds is 0. The maximum absolute atomic E-state index is 11.6. The van der Waals surface area contributed by atoms with Gasteiger partial charge >= 0.3 is 5.69 Å². The van der Waals surface area contributed by atoms with Crippen LogP contribution in [0.15, 0.2) is 38.3 Å². The molecule has 0 amide bonds. The topological polar surface area (TPSA) is 78.6 Å². The Morgan fingerprint density at radius 3 is 2.76 bits per heavy atom. The predicted molar refractivity (Wildman–Crippen MR) is 68.2 cm³/mol.